The molecule has 3 amide bonds. The maximum absolute atomic E-state index is 13.8. The van der Waals surface area contributed by atoms with E-state index in [4.69, 9.17) is 4.74 Å². The van der Waals surface area contributed by atoms with Crippen molar-refractivity contribution in [2.45, 2.75) is 117 Å². The van der Waals surface area contributed by atoms with Crippen molar-refractivity contribution >= 4 is 17.9 Å². The third-order valence-corrected chi connectivity index (χ3v) is 6.02. The van der Waals surface area contributed by atoms with Crippen LogP contribution in [-0.2, 0) is 14.3 Å². The fraction of sp³-hybridized carbons (Fsp3) is 0.667. The molecule has 1 aromatic rings. The first-order valence-corrected chi connectivity index (χ1v) is 12.5. The quantitative estimate of drug-likeness (QED) is 0.532. The summed E-state index contributed by atoms with van der Waals surface area (Å²) < 4.78 is 5.34. The molecule has 1 aliphatic rings. The molecule has 0 bridgehead atoms. The highest BCUT2D eigenvalue weighted by Gasteiger charge is 2.41. The maximum Gasteiger partial charge on any atom is 0.408 e. The summed E-state index contributed by atoms with van der Waals surface area (Å²) in [5.74, 6) is -0.464. The topological polar surface area (TPSA) is 87.7 Å². The van der Waals surface area contributed by atoms with Gasteiger partial charge in [-0.3, -0.25) is 9.59 Å². The Morgan fingerprint density at radius 1 is 1.06 bits per heavy atom. The second-order valence-corrected chi connectivity index (χ2v) is 10.7. The number of hydrogen-bond donors (Lipinski definition) is 2. The van der Waals surface area contributed by atoms with E-state index in [0.29, 0.717) is 0 Å². The van der Waals surface area contributed by atoms with Crippen LogP contribution in [0.2, 0.25) is 0 Å². The van der Waals surface area contributed by atoms with Gasteiger partial charge in [0.1, 0.15) is 17.7 Å². The summed E-state index contributed by atoms with van der Waals surface area (Å²) >= 11 is 0. The molecular weight excluding hydrogens is 430 g/mol. The normalized spacial score (nSPS) is 16.6. The minimum absolute atomic E-state index is 0.00144. The van der Waals surface area contributed by atoms with Crippen molar-refractivity contribution in [1.29, 1.82) is 0 Å². The summed E-state index contributed by atoms with van der Waals surface area (Å²) in [6.45, 7) is 15.0. The van der Waals surface area contributed by atoms with Crippen LogP contribution in [0, 0.1) is 13.8 Å². The zero-order valence-electron chi connectivity index (χ0n) is 22.2. The molecule has 0 aromatic heterocycles. The van der Waals surface area contributed by atoms with E-state index in [1.807, 2.05) is 32.9 Å². The number of hydrogen-bond acceptors (Lipinski definition) is 4. The molecule has 7 nitrogen and oxygen atoms in total. The summed E-state index contributed by atoms with van der Waals surface area (Å²) in [7, 11) is 0. The van der Waals surface area contributed by atoms with E-state index in [9.17, 15) is 14.4 Å². The van der Waals surface area contributed by atoms with Gasteiger partial charge in [-0.15, -0.1) is 0 Å². The molecule has 0 radical (unpaired) electrons. The Hall–Kier alpha value is -2.57. The molecule has 190 valence electrons. The van der Waals surface area contributed by atoms with Gasteiger partial charge in [0.05, 0.1) is 0 Å². The van der Waals surface area contributed by atoms with Gasteiger partial charge in [0.25, 0.3) is 0 Å². The van der Waals surface area contributed by atoms with E-state index < -0.39 is 23.8 Å². The fourth-order valence-electron chi connectivity index (χ4n) is 4.39. The van der Waals surface area contributed by atoms with Crippen molar-refractivity contribution in [3.05, 3.63) is 34.9 Å². The molecule has 1 fully saturated rings. The SMILES string of the molecule is CCCC(C)NC(=O)C(c1cc(C)cc(C)c1)N(C(=O)C(C)NC(=O)OC(C)(C)C)C1CCC1. The van der Waals surface area contributed by atoms with E-state index in [0.717, 1.165) is 48.8 Å². The number of carbonyl (C=O) groups is 3. The van der Waals surface area contributed by atoms with Crippen molar-refractivity contribution in [3.8, 4) is 0 Å². The zero-order chi connectivity index (χ0) is 25.6. The molecule has 3 atom stereocenters. The van der Waals surface area contributed by atoms with Gasteiger partial charge in [-0.05, 0) is 79.7 Å². The standard InChI is InChI=1S/C27H43N3O4/c1-9-11-19(4)28-24(31)23(21-15-17(2)14-18(3)16-21)30(22-12-10-13-22)25(32)20(5)29-26(33)34-27(6,7)8/h14-16,19-20,22-23H,9-13H2,1-8H3,(H,28,31)(H,29,33). The van der Waals surface area contributed by atoms with E-state index in [-0.39, 0.29) is 23.9 Å². The largest absolute Gasteiger partial charge is 0.444 e. The fourth-order valence-corrected chi connectivity index (χ4v) is 4.39. The third-order valence-electron chi connectivity index (χ3n) is 6.02. The molecule has 1 aromatic carbocycles. The van der Waals surface area contributed by atoms with Gasteiger partial charge in [-0.1, -0.05) is 42.7 Å². The van der Waals surface area contributed by atoms with Crippen LogP contribution >= 0.6 is 0 Å². The van der Waals surface area contributed by atoms with Crippen LogP contribution in [0.3, 0.4) is 0 Å². The molecule has 1 saturated carbocycles. The number of nitrogens with zero attached hydrogens (tertiary/aromatic N) is 1. The van der Waals surface area contributed by atoms with E-state index in [1.165, 1.54) is 0 Å². The van der Waals surface area contributed by atoms with Gasteiger partial charge >= 0.3 is 6.09 Å². The molecule has 0 heterocycles. The van der Waals surface area contributed by atoms with Crippen LogP contribution < -0.4 is 10.6 Å². The Morgan fingerprint density at radius 2 is 1.65 bits per heavy atom. The van der Waals surface area contributed by atoms with Gasteiger partial charge in [-0.25, -0.2) is 4.79 Å². The van der Waals surface area contributed by atoms with E-state index in [1.54, 1.807) is 32.6 Å². The number of aryl methyl sites for hydroxylation is 2. The highest BCUT2D eigenvalue weighted by atomic mass is 16.6. The minimum Gasteiger partial charge on any atom is -0.444 e. The highest BCUT2D eigenvalue weighted by molar-refractivity contribution is 5.92. The predicted octanol–water partition coefficient (Wildman–Crippen LogP) is 4.94. The van der Waals surface area contributed by atoms with Crippen LogP contribution in [0.4, 0.5) is 4.79 Å². The molecular formula is C27H43N3O4. The number of amides is 3. The molecule has 0 aliphatic heterocycles. The molecule has 34 heavy (non-hydrogen) atoms. The average Bonchev–Trinajstić information content (AvgIpc) is 2.63. The van der Waals surface area contributed by atoms with Crippen molar-refractivity contribution < 1.29 is 19.1 Å². The first-order valence-electron chi connectivity index (χ1n) is 12.5. The summed E-state index contributed by atoms with van der Waals surface area (Å²) in [6, 6.07) is 4.37. The lowest BCUT2D eigenvalue weighted by atomic mass is 9.87. The van der Waals surface area contributed by atoms with Crippen LogP contribution in [-0.4, -0.2) is 46.5 Å². The number of nitrogens with one attached hydrogen (secondary N) is 2. The lowest BCUT2D eigenvalue weighted by Crippen LogP contribution is -2.57. The molecule has 7 heteroatoms. The number of carbonyl (C=O) groups excluding carboxylic acids is 3. The van der Waals surface area contributed by atoms with Crippen molar-refractivity contribution in [2.75, 3.05) is 0 Å². The number of ether oxygens (including phenoxy) is 1. The van der Waals surface area contributed by atoms with Crippen LogP contribution in [0.25, 0.3) is 0 Å². The van der Waals surface area contributed by atoms with Gasteiger partial charge in [0.15, 0.2) is 0 Å². The predicted molar refractivity (Wildman–Crippen MR) is 134 cm³/mol. The van der Waals surface area contributed by atoms with Crippen molar-refractivity contribution in [3.63, 3.8) is 0 Å². The Labute approximate surface area is 205 Å². The van der Waals surface area contributed by atoms with Crippen LogP contribution in [0.15, 0.2) is 18.2 Å². The number of rotatable bonds is 9. The van der Waals surface area contributed by atoms with Crippen LogP contribution in [0.5, 0.6) is 0 Å². The third kappa shape index (κ3) is 7.74. The highest BCUT2D eigenvalue weighted by Crippen LogP contribution is 2.34. The molecule has 3 unspecified atom stereocenters. The zero-order valence-corrected chi connectivity index (χ0v) is 22.2. The first kappa shape index (κ1) is 27.7. The molecule has 1 aliphatic carbocycles. The number of benzene rings is 1. The summed E-state index contributed by atoms with van der Waals surface area (Å²) in [6.07, 6.45) is 3.85. The lowest BCUT2D eigenvalue weighted by molar-refractivity contribution is -0.147. The second-order valence-electron chi connectivity index (χ2n) is 10.7. The summed E-state index contributed by atoms with van der Waals surface area (Å²) in [5, 5.41) is 5.79. The second kappa shape index (κ2) is 11.7. The minimum atomic E-state index is -0.829. The van der Waals surface area contributed by atoms with Gasteiger partial charge in [0, 0.05) is 12.1 Å². The lowest BCUT2D eigenvalue weighted by Gasteiger charge is -2.43. The maximum atomic E-state index is 13.8. The van der Waals surface area contributed by atoms with Crippen molar-refractivity contribution in [2.24, 2.45) is 0 Å². The van der Waals surface area contributed by atoms with Crippen molar-refractivity contribution in [1.82, 2.24) is 15.5 Å². The van der Waals surface area contributed by atoms with Gasteiger partial charge in [0.2, 0.25) is 11.8 Å². The monoisotopic (exact) mass is 473 g/mol. The molecule has 0 saturated heterocycles. The van der Waals surface area contributed by atoms with Crippen LogP contribution in [0.1, 0.15) is 96.4 Å². The summed E-state index contributed by atoms with van der Waals surface area (Å²) in [5.41, 5.74) is 2.20. The number of alkyl carbamates (subject to hydrolysis) is 1. The summed E-state index contributed by atoms with van der Waals surface area (Å²) in [4.78, 5) is 41.5. The Bertz CT molecular complexity index is 853. The smallest absolute Gasteiger partial charge is 0.408 e. The van der Waals surface area contributed by atoms with E-state index in [2.05, 4.69) is 23.6 Å². The Balaban J connectivity index is 2.41. The Kier molecular flexibility index (Phi) is 9.54. The Morgan fingerprint density at radius 3 is 2.12 bits per heavy atom. The van der Waals surface area contributed by atoms with E-state index >= 15 is 0 Å². The molecule has 2 rings (SSSR count). The first-order chi connectivity index (χ1) is 15.8. The molecule has 2 N–H and O–H groups in total. The van der Waals surface area contributed by atoms with Gasteiger partial charge in [-0.2, -0.15) is 0 Å². The average molecular weight is 474 g/mol. The molecule has 0 spiro atoms. The van der Waals surface area contributed by atoms with Gasteiger partial charge < -0.3 is 20.3 Å².